The molecule has 0 radical (unpaired) electrons. The van der Waals surface area contributed by atoms with Gasteiger partial charge in [0.1, 0.15) is 0 Å². The van der Waals surface area contributed by atoms with Crippen LogP contribution in [0.15, 0.2) is 29.8 Å². The standard InChI is InChI=1S/C9H14N2O/c1-3-5-6-11-8-7-10(4-2)9(11)12/h3,7-8H,1,4-6H2,2H3. The number of imidazole rings is 1. The van der Waals surface area contributed by atoms with Gasteiger partial charge in [-0.3, -0.25) is 9.13 Å². The molecule has 1 aromatic heterocycles. The molecule has 0 bridgehead atoms. The van der Waals surface area contributed by atoms with Crippen molar-refractivity contribution in [2.75, 3.05) is 0 Å². The van der Waals surface area contributed by atoms with Gasteiger partial charge in [0.25, 0.3) is 0 Å². The van der Waals surface area contributed by atoms with Gasteiger partial charge in [0.15, 0.2) is 0 Å². The summed E-state index contributed by atoms with van der Waals surface area (Å²) in [7, 11) is 0. The summed E-state index contributed by atoms with van der Waals surface area (Å²) in [5.41, 5.74) is 0.0688. The molecule has 0 spiro atoms. The lowest BCUT2D eigenvalue weighted by Gasteiger charge is -1.96. The van der Waals surface area contributed by atoms with Crippen LogP contribution in [0, 0.1) is 0 Å². The minimum atomic E-state index is 0.0688. The fraction of sp³-hybridized carbons (Fsp3) is 0.444. The first-order valence-corrected chi connectivity index (χ1v) is 4.16. The first-order chi connectivity index (χ1) is 5.79. The smallest absolute Gasteiger partial charge is 0.300 e. The van der Waals surface area contributed by atoms with Crippen molar-refractivity contribution < 1.29 is 0 Å². The molecule has 0 saturated heterocycles. The molecule has 1 heterocycles. The van der Waals surface area contributed by atoms with Crippen molar-refractivity contribution in [1.29, 1.82) is 0 Å². The number of hydrogen-bond donors (Lipinski definition) is 0. The molecule has 3 nitrogen and oxygen atoms in total. The molecular weight excluding hydrogens is 152 g/mol. The van der Waals surface area contributed by atoms with Crippen LogP contribution in [-0.2, 0) is 13.1 Å². The van der Waals surface area contributed by atoms with Crippen molar-refractivity contribution in [2.45, 2.75) is 26.4 Å². The molecule has 0 fully saturated rings. The Bertz CT molecular complexity index is 309. The molecule has 0 aliphatic rings. The Hall–Kier alpha value is -1.25. The van der Waals surface area contributed by atoms with Crippen molar-refractivity contribution in [2.24, 2.45) is 0 Å². The first kappa shape index (κ1) is 8.84. The quantitative estimate of drug-likeness (QED) is 0.618. The number of rotatable bonds is 4. The zero-order chi connectivity index (χ0) is 8.97. The molecule has 0 saturated carbocycles. The molecule has 66 valence electrons. The Morgan fingerprint density at radius 2 is 2.17 bits per heavy atom. The zero-order valence-electron chi connectivity index (χ0n) is 7.36. The minimum absolute atomic E-state index is 0.0688. The largest absolute Gasteiger partial charge is 0.328 e. The van der Waals surface area contributed by atoms with E-state index in [1.165, 1.54) is 0 Å². The van der Waals surface area contributed by atoms with Gasteiger partial charge in [-0.05, 0) is 13.3 Å². The number of aromatic nitrogens is 2. The van der Waals surface area contributed by atoms with E-state index in [0.717, 1.165) is 19.5 Å². The summed E-state index contributed by atoms with van der Waals surface area (Å²) in [6.45, 7) is 7.04. The van der Waals surface area contributed by atoms with E-state index in [2.05, 4.69) is 6.58 Å². The van der Waals surface area contributed by atoms with Crippen LogP contribution in [0.3, 0.4) is 0 Å². The van der Waals surface area contributed by atoms with E-state index >= 15 is 0 Å². The van der Waals surface area contributed by atoms with E-state index in [0.29, 0.717) is 0 Å². The molecule has 0 amide bonds. The number of allylic oxidation sites excluding steroid dienone is 1. The van der Waals surface area contributed by atoms with Gasteiger partial charge < -0.3 is 0 Å². The highest BCUT2D eigenvalue weighted by atomic mass is 16.1. The highest BCUT2D eigenvalue weighted by Crippen LogP contribution is 1.89. The van der Waals surface area contributed by atoms with Gasteiger partial charge in [0.2, 0.25) is 0 Å². The van der Waals surface area contributed by atoms with Crippen LogP contribution in [0.1, 0.15) is 13.3 Å². The Morgan fingerprint density at radius 1 is 1.50 bits per heavy atom. The van der Waals surface area contributed by atoms with Gasteiger partial charge in [-0.2, -0.15) is 0 Å². The highest BCUT2D eigenvalue weighted by molar-refractivity contribution is 4.82. The van der Waals surface area contributed by atoms with Crippen LogP contribution in [-0.4, -0.2) is 9.13 Å². The van der Waals surface area contributed by atoms with Crippen LogP contribution >= 0.6 is 0 Å². The molecular formula is C9H14N2O. The van der Waals surface area contributed by atoms with E-state index in [1.807, 2.05) is 25.4 Å². The normalized spacial score (nSPS) is 10.1. The van der Waals surface area contributed by atoms with Crippen LogP contribution in [0.4, 0.5) is 0 Å². The van der Waals surface area contributed by atoms with Crippen molar-refractivity contribution in [3.8, 4) is 0 Å². The summed E-state index contributed by atoms with van der Waals surface area (Å²) < 4.78 is 3.38. The zero-order valence-corrected chi connectivity index (χ0v) is 7.36. The topological polar surface area (TPSA) is 26.9 Å². The Labute approximate surface area is 71.9 Å². The van der Waals surface area contributed by atoms with Crippen LogP contribution < -0.4 is 5.69 Å². The van der Waals surface area contributed by atoms with E-state index in [-0.39, 0.29) is 5.69 Å². The van der Waals surface area contributed by atoms with Crippen LogP contribution in [0.2, 0.25) is 0 Å². The van der Waals surface area contributed by atoms with Crippen molar-refractivity contribution >= 4 is 0 Å². The van der Waals surface area contributed by atoms with Gasteiger partial charge >= 0.3 is 5.69 Å². The summed E-state index contributed by atoms with van der Waals surface area (Å²) >= 11 is 0. The predicted molar refractivity (Wildman–Crippen MR) is 49.2 cm³/mol. The predicted octanol–water partition coefficient (Wildman–Crippen LogP) is 1.25. The molecule has 0 unspecified atom stereocenters. The van der Waals surface area contributed by atoms with Crippen LogP contribution in [0.5, 0.6) is 0 Å². The maximum atomic E-state index is 11.4. The highest BCUT2D eigenvalue weighted by Gasteiger charge is 1.98. The van der Waals surface area contributed by atoms with Gasteiger partial charge in [-0.15, -0.1) is 6.58 Å². The second-order valence-corrected chi connectivity index (χ2v) is 2.64. The van der Waals surface area contributed by atoms with Crippen molar-refractivity contribution in [1.82, 2.24) is 9.13 Å². The lowest BCUT2D eigenvalue weighted by Crippen LogP contribution is -2.23. The molecule has 0 aromatic carbocycles. The van der Waals surface area contributed by atoms with Gasteiger partial charge in [-0.25, -0.2) is 4.79 Å². The fourth-order valence-electron chi connectivity index (χ4n) is 1.09. The molecule has 3 heteroatoms. The number of nitrogens with zero attached hydrogens (tertiary/aromatic N) is 2. The van der Waals surface area contributed by atoms with Crippen LogP contribution in [0.25, 0.3) is 0 Å². The molecule has 12 heavy (non-hydrogen) atoms. The van der Waals surface area contributed by atoms with E-state index < -0.39 is 0 Å². The summed E-state index contributed by atoms with van der Waals surface area (Å²) in [6.07, 6.45) is 6.28. The average molecular weight is 166 g/mol. The summed E-state index contributed by atoms with van der Waals surface area (Å²) in [6, 6.07) is 0. The van der Waals surface area contributed by atoms with Crippen molar-refractivity contribution in [3.05, 3.63) is 35.5 Å². The van der Waals surface area contributed by atoms with Gasteiger partial charge in [-0.1, -0.05) is 6.08 Å². The first-order valence-electron chi connectivity index (χ1n) is 4.16. The van der Waals surface area contributed by atoms with Gasteiger partial charge in [0, 0.05) is 25.5 Å². The molecule has 1 rings (SSSR count). The molecule has 0 N–H and O–H groups in total. The maximum Gasteiger partial charge on any atom is 0.328 e. The number of aryl methyl sites for hydroxylation is 2. The summed E-state index contributed by atoms with van der Waals surface area (Å²) in [5.74, 6) is 0. The molecule has 0 aliphatic carbocycles. The number of hydrogen-bond acceptors (Lipinski definition) is 1. The van der Waals surface area contributed by atoms with E-state index in [9.17, 15) is 4.79 Å². The average Bonchev–Trinajstić information content (AvgIpc) is 2.43. The third-order valence-corrected chi connectivity index (χ3v) is 1.83. The third kappa shape index (κ3) is 1.67. The third-order valence-electron chi connectivity index (χ3n) is 1.83. The lowest BCUT2D eigenvalue weighted by atomic mass is 10.4. The minimum Gasteiger partial charge on any atom is -0.300 e. The van der Waals surface area contributed by atoms with Crippen molar-refractivity contribution in [3.63, 3.8) is 0 Å². The maximum absolute atomic E-state index is 11.4. The fourth-order valence-corrected chi connectivity index (χ4v) is 1.09. The second-order valence-electron chi connectivity index (χ2n) is 2.64. The molecule has 0 aliphatic heterocycles. The monoisotopic (exact) mass is 166 g/mol. The summed E-state index contributed by atoms with van der Waals surface area (Å²) in [5, 5.41) is 0. The summed E-state index contributed by atoms with van der Waals surface area (Å²) in [4.78, 5) is 11.4. The van der Waals surface area contributed by atoms with E-state index in [1.54, 1.807) is 9.13 Å². The molecule has 0 atom stereocenters. The Morgan fingerprint density at radius 3 is 2.67 bits per heavy atom. The SMILES string of the molecule is C=CCCn1ccn(CC)c1=O. The Kier molecular flexibility index (Phi) is 2.91. The lowest BCUT2D eigenvalue weighted by molar-refractivity contribution is 0.633. The Balaban J connectivity index is 2.80. The second kappa shape index (κ2) is 3.95. The van der Waals surface area contributed by atoms with E-state index in [4.69, 9.17) is 0 Å². The van der Waals surface area contributed by atoms with Gasteiger partial charge in [0.05, 0.1) is 0 Å². The molecule has 1 aromatic rings.